The summed E-state index contributed by atoms with van der Waals surface area (Å²) in [4.78, 5) is 15.1. The van der Waals surface area contributed by atoms with Crippen LogP contribution in [-0.2, 0) is 16.0 Å². The number of nitrogens with zero attached hydrogens (tertiary/aromatic N) is 3. The van der Waals surface area contributed by atoms with E-state index >= 15 is 0 Å². The van der Waals surface area contributed by atoms with Crippen molar-refractivity contribution in [3.8, 4) is 0 Å². The molecule has 0 saturated carbocycles. The number of carbonyl (C=O) groups excluding carboxylic acids is 1. The molecule has 1 N–H and O–H groups in total. The van der Waals surface area contributed by atoms with Crippen LogP contribution < -0.4 is 5.32 Å². The van der Waals surface area contributed by atoms with Gasteiger partial charge < -0.3 is 4.74 Å². The van der Waals surface area contributed by atoms with Crippen LogP contribution in [0.1, 0.15) is 58.9 Å². The largest absolute Gasteiger partial charge is 0.373 e. The summed E-state index contributed by atoms with van der Waals surface area (Å²) in [7, 11) is 0. The molecular weight excluding hydrogens is 336 g/mol. The topological polar surface area (TPSA) is 67.4 Å². The highest BCUT2D eigenvalue weighted by molar-refractivity contribution is 7.15. The average molecular weight is 369 g/mol. The molecule has 0 spiro atoms. The molecule has 3 unspecified atom stereocenters. The van der Waals surface area contributed by atoms with E-state index < -0.39 is 0 Å². The zero-order valence-electron chi connectivity index (χ0n) is 16.1. The maximum atomic E-state index is 12.9. The van der Waals surface area contributed by atoms with Crippen LogP contribution in [0.4, 0.5) is 5.13 Å². The minimum absolute atomic E-state index is 0.00700. The zero-order valence-corrected chi connectivity index (χ0v) is 16.9. The van der Waals surface area contributed by atoms with Gasteiger partial charge in [0.05, 0.1) is 18.2 Å². The van der Waals surface area contributed by atoms with Gasteiger partial charge in [0.2, 0.25) is 11.0 Å². The standard InChI is InChI=1S/C18H32N4O2S/c1-6-7-8-9-15-20-21-18(25-15)19-17(23)16(12(2)3)22-10-13(4)24-14(5)11-22/h12-14,16H,6-11H2,1-5H3,(H,19,21,23). The molecule has 1 aliphatic rings. The first-order valence-electron chi connectivity index (χ1n) is 9.43. The molecule has 2 rings (SSSR count). The molecule has 1 aromatic heterocycles. The fraction of sp³-hybridized carbons (Fsp3) is 0.833. The van der Waals surface area contributed by atoms with Crippen molar-refractivity contribution >= 4 is 22.4 Å². The summed E-state index contributed by atoms with van der Waals surface area (Å²) in [5.74, 6) is 0.224. The highest BCUT2D eigenvalue weighted by atomic mass is 32.1. The Kier molecular flexibility index (Phi) is 7.78. The average Bonchev–Trinajstić information content (AvgIpc) is 2.93. The predicted molar refractivity (Wildman–Crippen MR) is 102 cm³/mol. The van der Waals surface area contributed by atoms with Crippen molar-refractivity contribution < 1.29 is 9.53 Å². The van der Waals surface area contributed by atoms with Crippen LogP contribution in [0.2, 0.25) is 0 Å². The molecule has 7 heteroatoms. The lowest BCUT2D eigenvalue weighted by atomic mass is 10.00. The first kappa shape index (κ1) is 20.3. The van der Waals surface area contributed by atoms with Crippen LogP contribution in [0.15, 0.2) is 0 Å². The Bertz CT molecular complexity index is 539. The van der Waals surface area contributed by atoms with Crippen LogP contribution in [0.25, 0.3) is 0 Å². The molecule has 0 aromatic carbocycles. The summed E-state index contributed by atoms with van der Waals surface area (Å²) in [5, 5.41) is 12.9. The molecule has 1 fully saturated rings. The smallest absolute Gasteiger partial charge is 0.243 e. The lowest BCUT2D eigenvalue weighted by Crippen LogP contribution is -2.55. The molecule has 6 nitrogen and oxygen atoms in total. The number of nitrogens with one attached hydrogen (secondary N) is 1. The van der Waals surface area contributed by atoms with Crippen molar-refractivity contribution in [2.75, 3.05) is 18.4 Å². The van der Waals surface area contributed by atoms with E-state index in [0.717, 1.165) is 30.9 Å². The molecule has 1 saturated heterocycles. The van der Waals surface area contributed by atoms with Gasteiger partial charge in [0.25, 0.3) is 0 Å². The summed E-state index contributed by atoms with van der Waals surface area (Å²) < 4.78 is 5.80. The Morgan fingerprint density at radius 2 is 1.96 bits per heavy atom. The van der Waals surface area contributed by atoms with Crippen LogP contribution in [0.3, 0.4) is 0 Å². The molecule has 2 heterocycles. The quantitative estimate of drug-likeness (QED) is 0.713. The fourth-order valence-electron chi connectivity index (χ4n) is 3.45. The van der Waals surface area contributed by atoms with Crippen LogP contribution in [-0.4, -0.2) is 52.3 Å². The lowest BCUT2D eigenvalue weighted by Gasteiger charge is -2.40. The number of morpholine rings is 1. The van der Waals surface area contributed by atoms with E-state index in [4.69, 9.17) is 4.74 Å². The van der Waals surface area contributed by atoms with Gasteiger partial charge in [0, 0.05) is 19.5 Å². The van der Waals surface area contributed by atoms with E-state index in [1.54, 1.807) is 0 Å². The molecule has 0 aliphatic carbocycles. The molecule has 0 bridgehead atoms. The minimum Gasteiger partial charge on any atom is -0.373 e. The van der Waals surface area contributed by atoms with E-state index in [-0.39, 0.29) is 30.1 Å². The Hall–Kier alpha value is -1.05. The summed E-state index contributed by atoms with van der Waals surface area (Å²) >= 11 is 1.49. The van der Waals surface area contributed by atoms with Gasteiger partial charge in [0.15, 0.2) is 0 Å². The first-order valence-corrected chi connectivity index (χ1v) is 10.2. The number of ether oxygens (including phenoxy) is 1. The van der Waals surface area contributed by atoms with Gasteiger partial charge in [-0.05, 0) is 26.2 Å². The van der Waals surface area contributed by atoms with Gasteiger partial charge in [0.1, 0.15) is 5.01 Å². The molecule has 1 amide bonds. The number of carbonyl (C=O) groups is 1. The zero-order chi connectivity index (χ0) is 18.4. The van der Waals surface area contributed by atoms with E-state index in [1.807, 2.05) is 0 Å². The van der Waals surface area contributed by atoms with Gasteiger partial charge in [-0.25, -0.2) is 0 Å². The second kappa shape index (κ2) is 9.59. The maximum Gasteiger partial charge on any atom is 0.243 e. The molecule has 3 atom stereocenters. The van der Waals surface area contributed by atoms with E-state index in [2.05, 4.69) is 55.0 Å². The first-order chi connectivity index (χ1) is 11.9. The van der Waals surface area contributed by atoms with Gasteiger partial charge in [-0.3, -0.25) is 15.0 Å². The summed E-state index contributed by atoms with van der Waals surface area (Å²) in [6.45, 7) is 12.0. The SMILES string of the molecule is CCCCCc1nnc(NC(=O)C(C(C)C)N2CC(C)OC(C)C2)s1. The number of unbranched alkanes of at least 4 members (excludes halogenated alkanes) is 2. The number of hydrogen-bond acceptors (Lipinski definition) is 6. The third kappa shape index (κ3) is 6.01. The number of rotatable bonds is 8. The number of aromatic nitrogens is 2. The van der Waals surface area contributed by atoms with E-state index in [9.17, 15) is 4.79 Å². The van der Waals surface area contributed by atoms with Gasteiger partial charge >= 0.3 is 0 Å². The highest BCUT2D eigenvalue weighted by Crippen LogP contribution is 2.22. The fourth-order valence-corrected chi connectivity index (χ4v) is 4.23. The molecule has 25 heavy (non-hydrogen) atoms. The summed E-state index contributed by atoms with van der Waals surface area (Å²) in [6.07, 6.45) is 4.73. The predicted octanol–water partition coefficient (Wildman–Crippen LogP) is 3.34. The highest BCUT2D eigenvalue weighted by Gasteiger charge is 2.34. The number of amides is 1. The Morgan fingerprint density at radius 1 is 1.28 bits per heavy atom. The van der Waals surface area contributed by atoms with E-state index in [1.165, 1.54) is 24.2 Å². The molecule has 1 aliphatic heterocycles. The van der Waals surface area contributed by atoms with Crippen molar-refractivity contribution in [1.29, 1.82) is 0 Å². The molecule has 0 radical (unpaired) electrons. The normalized spacial score (nSPS) is 23.0. The van der Waals surface area contributed by atoms with Crippen LogP contribution in [0.5, 0.6) is 0 Å². The summed E-state index contributed by atoms with van der Waals surface area (Å²) in [5.41, 5.74) is 0. The summed E-state index contributed by atoms with van der Waals surface area (Å²) in [6, 6.07) is -0.179. The van der Waals surface area contributed by atoms with Crippen molar-refractivity contribution in [2.24, 2.45) is 5.92 Å². The van der Waals surface area contributed by atoms with Crippen LogP contribution in [0, 0.1) is 5.92 Å². The Balaban J connectivity index is 1.98. The number of anilines is 1. The molecule has 142 valence electrons. The van der Waals surface area contributed by atoms with Crippen molar-refractivity contribution in [1.82, 2.24) is 15.1 Å². The molecule has 1 aromatic rings. The number of hydrogen-bond donors (Lipinski definition) is 1. The third-order valence-corrected chi connectivity index (χ3v) is 5.33. The Labute approximate surface area is 155 Å². The Morgan fingerprint density at radius 3 is 2.56 bits per heavy atom. The minimum atomic E-state index is -0.179. The van der Waals surface area contributed by atoms with Crippen molar-refractivity contribution in [3.63, 3.8) is 0 Å². The van der Waals surface area contributed by atoms with Crippen molar-refractivity contribution in [2.45, 2.75) is 78.6 Å². The second-order valence-corrected chi connectivity index (χ2v) is 8.41. The lowest BCUT2D eigenvalue weighted by molar-refractivity contribution is -0.130. The van der Waals surface area contributed by atoms with E-state index in [0.29, 0.717) is 5.13 Å². The monoisotopic (exact) mass is 368 g/mol. The molecular formula is C18H32N4O2S. The van der Waals surface area contributed by atoms with Gasteiger partial charge in [-0.1, -0.05) is 44.9 Å². The number of aryl methyl sites for hydroxylation is 1. The third-order valence-electron chi connectivity index (χ3n) is 4.43. The second-order valence-electron chi connectivity index (χ2n) is 7.35. The van der Waals surface area contributed by atoms with Crippen molar-refractivity contribution in [3.05, 3.63) is 5.01 Å². The van der Waals surface area contributed by atoms with Gasteiger partial charge in [-0.15, -0.1) is 10.2 Å². The maximum absolute atomic E-state index is 12.9. The van der Waals surface area contributed by atoms with Crippen LogP contribution >= 0.6 is 11.3 Å². The van der Waals surface area contributed by atoms with Gasteiger partial charge in [-0.2, -0.15) is 0 Å².